The third kappa shape index (κ3) is 3.99. The minimum Gasteiger partial charge on any atom is -0.449 e. The van der Waals surface area contributed by atoms with Gasteiger partial charge in [-0.2, -0.15) is 0 Å². The molecule has 2 aromatic carbocycles. The largest absolute Gasteiger partial charge is 0.449 e. The highest BCUT2D eigenvalue weighted by atomic mass is 16.5. The lowest BCUT2D eigenvalue weighted by Gasteiger charge is -2.20. The van der Waals surface area contributed by atoms with Gasteiger partial charge in [-0.25, -0.2) is 4.79 Å². The van der Waals surface area contributed by atoms with E-state index in [1.54, 1.807) is 0 Å². The van der Waals surface area contributed by atoms with Gasteiger partial charge in [0.05, 0.1) is 6.10 Å². The number of ether oxygens (including phenoxy) is 1. The molecular weight excluding hydrogens is 340 g/mol. The van der Waals surface area contributed by atoms with Gasteiger partial charge in [0, 0.05) is 19.0 Å². The molecule has 1 saturated heterocycles. The second-order valence-electron chi connectivity index (χ2n) is 7.37. The average Bonchev–Trinajstić information content (AvgIpc) is 3.31. The van der Waals surface area contributed by atoms with Crippen molar-refractivity contribution in [1.82, 2.24) is 10.2 Å². The Hall–Kier alpha value is -2.37. The molecule has 2 N–H and O–H groups in total. The molecule has 142 valence electrons. The number of carbonyl (C=O) groups is 1. The Balaban J connectivity index is 1.31. The maximum atomic E-state index is 12.1. The molecule has 0 aromatic heterocycles. The van der Waals surface area contributed by atoms with Crippen molar-refractivity contribution >= 4 is 6.09 Å². The smallest absolute Gasteiger partial charge is 0.407 e. The van der Waals surface area contributed by atoms with E-state index in [1.807, 2.05) is 24.3 Å². The summed E-state index contributed by atoms with van der Waals surface area (Å²) in [5.74, 6) is 0.0534. The van der Waals surface area contributed by atoms with E-state index in [-0.39, 0.29) is 12.5 Å². The molecule has 0 bridgehead atoms. The number of fused-ring (bicyclic) bond motifs is 3. The lowest BCUT2D eigenvalue weighted by atomic mass is 9.98. The van der Waals surface area contributed by atoms with Crippen LogP contribution < -0.4 is 5.32 Å². The predicted octanol–water partition coefficient (Wildman–Crippen LogP) is 2.98. The number of β-amino-alcohol motifs (C(OH)–C–C–N with tert-alkyl or cyclic N) is 1. The van der Waals surface area contributed by atoms with Crippen molar-refractivity contribution in [3.05, 3.63) is 59.7 Å². The van der Waals surface area contributed by atoms with Crippen LogP contribution in [0.3, 0.4) is 0 Å². The van der Waals surface area contributed by atoms with Crippen LogP contribution in [0.4, 0.5) is 4.79 Å². The standard InChI is InChI=1S/C22H26N2O3/c25-16(14-24-11-5-6-12-24)13-23-22(26)27-15-21-19-9-3-1-7-17(19)18-8-2-4-10-20(18)21/h1-4,7-10,16,21,25H,5-6,11-15H2,(H,23,26). The predicted molar refractivity (Wildman–Crippen MR) is 105 cm³/mol. The Bertz CT molecular complexity index is 756. The number of rotatable bonds is 6. The fourth-order valence-corrected chi connectivity index (χ4v) is 4.18. The van der Waals surface area contributed by atoms with E-state index < -0.39 is 12.2 Å². The SMILES string of the molecule is O=C(NCC(O)CN1CCCC1)OCC1c2ccccc2-c2ccccc21. The Morgan fingerprint density at radius 1 is 1.07 bits per heavy atom. The van der Waals surface area contributed by atoms with Crippen LogP contribution >= 0.6 is 0 Å². The van der Waals surface area contributed by atoms with E-state index in [2.05, 4.69) is 34.5 Å². The van der Waals surface area contributed by atoms with Crippen molar-refractivity contribution in [3.63, 3.8) is 0 Å². The van der Waals surface area contributed by atoms with Gasteiger partial charge < -0.3 is 20.1 Å². The number of aliphatic hydroxyl groups is 1. The van der Waals surface area contributed by atoms with Gasteiger partial charge in [-0.15, -0.1) is 0 Å². The van der Waals surface area contributed by atoms with Gasteiger partial charge in [-0.3, -0.25) is 0 Å². The van der Waals surface area contributed by atoms with Crippen molar-refractivity contribution in [2.24, 2.45) is 0 Å². The summed E-state index contributed by atoms with van der Waals surface area (Å²) in [4.78, 5) is 14.3. The number of carbonyl (C=O) groups excluding carboxylic acids is 1. The first-order valence-electron chi connectivity index (χ1n) is 9.71. The van der Waals surface area contributed by atoms with Gasteiger partial charge in [0.25, 0.3) is 0 Å². The highest BCUT2D eigenvalue weighted by Crippen LogP contribution is 2.44. The molecule has 1 aliphatic heterocycles. The number of aliphatic hydroxyl groups excluding tert-OH is 1. The Kier molecular flexibility index (Phi) is 5.41. The Labute approximate surface area is 160 Å². The van der Waals surface area contributed by atoms with E-state index in [9.17, 15) is 9.90 Å². The summed E-state index contributed by atoms with van der Waals surface area (Å²) in [6.07, 6.45) is 1.33. The molecule has 5 nitrogen and oxygen atoms in total. The van der Waals surface area contributed by atoms with Crippen LogP contribution in [-0.2, 0) is 4.74 Å². The first kappa shape index (κ1) is 18.0. The zero-order valence-corrected chi connectivity index (χ0v) is 15.4. The van der Waals surface area contributed by atoms with Crippen molar-refractivity contribution in [1.29, 1.82) is 0 Å². The summed E-state index contributed by atoms with van der Waals surface area (Å²) in [6, 6.07) is 16.5. The first-order chi connectivity index (χ1) is 13.2. The van der Waals surface area contributed by atoms with E-state index in [0.29, 0.717) is 13.2 Å². The van der Waals surface area contributed by atoms with Crippen LogP contribution in [0, 0.1) is 0 Å². The zero-order chi connectivity index (χ0) is 18.6. The monoisotopic (exact) mass is 366 g/mol. The zero-order valence-electron chi connectivity index (χ0n) is 15.4. The summed E-state index contributed by atoms with van der Waals surface area (Å²) in [5.41, 5.74) is 4.81. The van der Waals surface area contributed by atoms with E-state index in [4.69, 9.17) is 4.74 Å². The summed E-state index contributed by atoms with van der Waals surface area (Å²) in [5, 5.41) is 12.8. The summed E-state index contributed by atoms with van der Waals surface area (Å²) in [7, 11) is 0. The number of hydrogen-bond donors (Lipinski definition) is 2. The Morgan fingerprint density at radius 3 is 2.30 bits per heavy atom. The number of likely N-dealkylation sites (tertiary alicyclic amines) is 1. The second-order valence-corrected chi connectivity index (χ2v) is 7.37. The lowest BCUT2D eigenvalue weighted by Crippen LogP contribution is -2.39. The minimum atomic E-state index is -0.566. The van der Waals surface area contributed by atoms with Crippen LogP contribution in [0.15, 0.2) is 48.5 Å². The van der Waals surface area contributed by atoms with Gasteiger partial charge in [0.1, 0.15) is 6.61 Å². The molecule has 1 heterocycles. The number of alkyl carbamates (subject to hydrolysis) is 1. The highest BCUT2D eigenvalue weighted by Gasteiger charge is 2.29. The van der Waals surface area contributed by atoms with Crippen LogP contribution in [-0.4, -0.2) is 55.0 Å². The molecule has 2 aromatic rings. The molecule has 1 atom stereocenters. The maximum Gasteiger partial charge on any atom is 0.407 e. The minimum absolute atomic E-state index is 0.0534. The van der Waals surface area contributed by atoms with Crippen molar-refractivity contribution < 1.29 is 14.6 Å². The molecular formula is C22H26N2O3. The third-order valence-electron chi connectivity index (χ3n) is 5.49. The van der Waals surface area contributed by atoms with Gasteiger partial charge in [-0.1, -0.05) is 48.5 Å². The first-order valence-corrected chi connectivity index (χ1v) is 9.71. The van der Waals surface area contributed by atoms with Crippen LogP contribution in [0.1, 0.15) is 29.9 Å². The molecule has 2 aliphatic rings. The van der Waals surface area contributed by atoms with E-state index >= 15 is 0 Å². The molecule has 0 radical (unpaired) electrons. The topological polar surface area (TPSA) is 61.8 Å². The molecule has 1 amide bonds. The van der Waals surface area contributed by atoms with Gasteiger partial charge in [0.15, 0.2) is 0 Å². The fraction of sp³-hybridized carbons (Fsp3) is 0.409. The summed E-state index contributed by atoms with van der Waals surface area (Å²) >= 11 is 0. The summed E-state index contributed by atoms with van der Waals surface area (Å²) < 4.78 is 5.49. The number of hydrogen-bond acceptors (Lipinski definition) is 4. The van der Waals surface area contributed by atoms with Crippen LogP contribution in [0.5, 0.6) is 0 Å². The van der Waals surface area contributed by atoms with Crippen molar-refractivity contribution in [2.75, 3.05) is 32.8 Å². The average molecular weight is 366 g/mol. The van der Waals surface area contributed by atoms with Gasteiger partial charge in [0.2, 0.25) is 0 Å². The second kappa shape index (κ2) is 8.11. The van der Waals surface area contributed by atoms with E-state index in [0.717, 1.165) is 13.1 Å². The van der Waals surface area contributed by atoms with Crippen molar-refractivity contribution in [2.45, 2.75) is 24.9 Å². The maximum absolute atomic E-state index is 12.1. The number of benzene rings is 2. The molecule has 0 spiro atoms. The van der Waals surface area contributed by atoms with E-state index in [1.165, 1.54) is 35.1 Å². The third-order valence-corrected chi connectivity index (χ3v) is 5.49. The molecule has 0 saturated carbocycles. The number of nitrogens with zero attached hydrogens (tertiary/aromatic N) is 1. The molecule has 27 heavy (non-hydrogen) atoms. The highest BCUT2D eigenvalue weighted by molar-refractivity contribution is 5.79. The Morgan fingerprint density at radius 2 is 1.67 bits per heavy atom. The molecule has 1 aliphatic carbocycles. The molecule has 1 unspecified atom stereocenters. The fourth-order valence-electron chi connectivity index (χ4n) is 4.18. The lowest BCUT2D eigenvalue weighted by molar-refractivity contribution is 0.109. The number of amides is 1. The number of nitrogens with one attached hydrogen (secondary N) is 1. The molecule has 5 heteroatoms. The molecule has 1 fully saturated rings. The van der Waals surface area contributed by atoms with Gasteiger partial charge >= 0.3 is 6.09 Å². The van der Waals surface area contributed by atoms with Crippen LogP contribution in [0.25, 0.3) is 11.1 Å². The van der Waals surface area contributed by atoms with Gasteiger partial charge in [-0.05, 0) is 48.2 Å². The quantitative estimate of drug-likeness (QED) is 0.825. The molecule has 4 rings (SSSR count). The normalized spacial score (nSPS) is 17.4. The van der Waals surface area contributed by atoms with Crippen molar-refractivity contribution in [3.8, 4) is 11.1 Å². The summed E-state index contributed by atoms with van der Waals surface area (Å²) in [6.45, 7) is 3.17. The van der Waals surface area contributed by atoms with Crippen LogP contribution in [0.2, 0.25) is 0 Å².